The van der Waals surface area contributed by atoms with Crippen molar-refractivity contribution in [3.63, 3.8) is 0 Å². The van der Waals surface area contributed by atoms with Gasteiger partial charge < -0.3 is 14.8 Å². The van der Waals surface area contributed by atoms with Crippen LogP contribution in [0.1, 0.15) is 27.6 Å². The molecule has 0 aromatic heterocycles. The zero-order valence-electron chi connectivity index (χ0n) is 13.5. The first-order valence-corrected chi connectivity index (χ1v) is 7.73. The number of para-hydroxylation sites is 1. The lowest BCUT2D eigenvalue weighted by Crippen LogP contribution is -2.14. The van der Waals surface area contributed by atoms with Gasteiger partial charge in [-0.05, 0) is 31.2 Å². The van der Waals surface area contributed by atoms with Gasteiger partial charge in [-0.1, -0.05) is 29.8 Å². The molecule has 6 heteroatoms. The van der Waals surface area contributed by atoms with E-state index in [0.29, 0.717) is 40.8 Å². The van der Waals surface area contributed by atoms with E-state index in [2.05, 4.69) is 5.32 Å². The molecule has 24 heavy (non-hydrogen) atoms. The van der Waals surface area contributed by atoms with Crippen molar-refractivity contribution in [2.24, 2.45) is 0 Å². The number of rotatable bonds is 7. The first kappa shape index (κ1) is 18.0. The fourth-order valence-corrected chi connectivity index (χ4v) is 2.26. The third-order valence-corrected chi connectivity index (χ3v) is 3.60. The smallest absolute Gasteiger partial charge is 0.255 e. The van der Waals surface area contributed by atoms with Crippen LogP contribution in [0.4, 0.5) is 5.69 Å². The molecule has 126 valence electrons. The van der Waals surface area contributed by atoms with Gasteiger partial charge in [0.15, 0.2) is 11.5 Å². The Morgan fingerprint density at radius 2 is 1.71 bits per heavy atom. The maximum absolute atomic E-state index is 12.4. The highest BCUT2D eigenvalue weighted by atomic mass is 35.5. The topological polar surface area (TPSA) is 64.6 Å². The van der Waals surface area contributed by atoms with Crippen molar-refractivity contribution in [1.82, 2.24) is 0 Å². The molecule has 2 aromatic carbocycles. The van der Waals surface area contributed by atoms with Crippen LogP contribution in [-0.4, -0.2) is 32.0 Å². The van der Waals surface area contributed by atoms with Gasteiger partial charge in [-0.2, -0.15) is 0 Å². The Balaban J connectivity index is 2.16. The van der Waals surface area contributed by atoms with E-state index in [1.165, 1.54) is 6.92 Å². The minimum Gasteiger partial charge on any atom is -0.487 e. The number of Topliss-reactive ketones (excluding diaryl/α,β-unsaturated/α-hetero) is 1. The van der Waals surface area contributed by atoms with Gasteiger partial charge in [0.25, 0.3) is 5.91 Å². The molecule has 0 heterocycles. The predicted octanol–water partition coefficient (Wildman–Crippen LogP) is 3.82. The molecule has 0 aliphatic heterocycles. The number of anilines is 1. The van der Waals surface area contributed by atoms with Gasteiger partial charge in [-0.3, -0.25) is 9.59 Å². The van der Waals surface area contributed by atoms with E-state index in [4.69, 9.17) is 21.1 Å². The van der Waals surface area contributed by atoms with Crippen molar-refractivity contribution in [3.05, 3.63) is 58.6 Å². The largest absolute Gasteiger partial charge is 0.487 e. The Labute approximate surface area is 145 Å². The molecule has 2 aromatic rings. The van der Waals surface area contributed by atoms with Crippen molar-refractivity contribution in [3.8, 4) is 5.75 Å². The molecule has 0 radical (unpaired) electrons. The van der Waals surface area contributed by atoms with Gasteiger partial charge in [0, 0.05) is 18.2 Å². The lowest BCUT2D eigenvalue weighted by Gasteiger charge is -2.14. The van der Waals surface area contributed by atoms with Crippen molar-refractivity contribution in [2.75, 3.05) is 25.6 Å². The third-order valence-electron chi connectivity index (χ3n) is 3.30. The number of amides is 1. The summed E-state index contributed by atoms with van der Waals surface area (Å²) in [4.78, 5) is 23.7. The highest BCUT2D eigenvalue weighted by Crippen LogP contribution is 2.33. The zero-order valence-corrected chi connectivity index (χ0v) is 14.2. The Kier molecular flexibility index (Phi) is 6.35. The molecule has 5 nitrogen and oxygen atoms in total. The maximum atomic E-state index is 12.4. The number of benzene rings is 2. The van der Waals surface area contributed by atoms with Gasteiger partial charge in [-0.15, -0.1) is 0 Å². The average molecular weight is 348 g/mol. The first-order chi connectivity index (χ1) is 11.5. The highest BCUT2D eigenvalue weighted by Gasteiger charge is 2.13. The van der Waals surface area contributed by atoms with E-state index >= 15 is 0 Å². The molecule has 1 N–H and O–H groups in total. The van der Waals surface area contributed by atoms with E-state index in [1.807, 2.05) is 0 Å². The fraction of sp³-hybridized carbons (Fsp3) is 0.222. The molecule has 0 fully saturated rings. The van der Waals surface area contributed by atoms with Crippen LogP contribution in [0.2, 0.25) is 5.02 Å². The number of carbonyl (C=O) groups is 2. The van der Waals surface area contributed by atoms with Crippen LogP contribution in [0, 0.1) is 0 Å². The van der Waals surface area contributed by atoms with Crippen LogP contribution in [0.25, 0.3) is 0 Å². The monoisotopic (exact) mass is 347 g/mol. The van der Waals surface area contributed by atoms with E-state index < -0.39 is 0 Å². The Bertz CT molecular complexity index is 728. The summed E-state index contributed by atoms with van der Waals surface area (Å²) >= 11 is 6.14. The molecule has 0 aliphatic carbocycles. The summed E-state index contributed by atoms with van der Waals surface area (Å²) < 4.78 is 10.5. The van der Waals surface area contributed by atoms with Gasteiger partial charge in [0.05, 0.1) is 17.3 Å². The van der Waals surface area contributed by atoms with Crippen molar-refractivity contribution < 1.29 is 19.1 Å². The molecule has 0 spiro atoms. The highest BCUT2D eigenvalue weighted by molar-refractivity contribution is 6.32. The molecular formula is C18H18ClNO4. The summed E-state index contributed by atoms with van der Waals surface area (Å²) in [5.41, 5.74) is 1.46. The van der Waals surface area contributed by atoms with Crippen LogP contribution in [0.15, 0.2) is 42.5 Å². The molecule has 0 bridgehead atoms. The Morgan fingerprint density at radius 1 is 1.04 bits per heavy atom. The van der Waals surface area contributed by atoms with E-state index in [-0.39, 0.29) is 11.7 Å². The maximum Gasteiger partial charge on any atom is 0.255 e. The molecular weight excluding hydrogens is 330 g/mol. The van der Waals surface area contributed by atoms with Crippen LogP contribution < -0.4 is 10.1 Å². The number of ether oxygens (including phenoxy) is 2. The molecule has 2 rings (SSSR count). The summed E-state index contributed by atoms with van der Waals surface area (Å²) in [5.74, 6) is 0.0273. The number of methoxy groups -OCH3 is 1. The number of carbonyl (C=O) groups excluding carboxylic acids is 2. The van der Waals surface area contributed by atoms with E-state index in [0.717, 1.165) is 0 Å². The molecule has 0 unspecified atom stereocenters. The minimum absolute atomic E-state index is 0.0503. The average Bonchev–Trinajstić information content (AvgIpc) is 2.57. The molecule has 0 saturated carbocycles. The third kappa shape index (κ3) is 4.57. The van der Waals surface area contributed by atoms with Gasteiger partial charge in [0.2, 0.25) is 0 Å². The molecule has 0 aliphatic rings. The molecule has 0 saturated heterocycles. The summed E-state index contributed by atoms with van der Waals surface area (Å²) in [6.45, 7) is 2.20. The predicted molar refractivity (Wildman–Crippen MR) is 93.2 cm³/mol. The number of nitrogens with one attached hydrogen (secondary N) is 1. The second-order valence-corrected chi connectivity index (χ2v) is 5.45. The number of halogens is 1. The molecule has 0 atom stereocenters. The van der Waals surface area contributed by atoms with Crippen molar-refractivity contribution in [2.45, 2.75) is 6.92 Å². The van der Waals surface area contributed by atoms with Crippen LogP contribution in [0.5, 0.6) is 5.75 Å². The van der Waals surface area contributed by atoms with Crippen molar-refractivity contribution in [1.29, 1.82) is 0 Å². The number of hydrogen-bond acceptors (Lipinski definition) is 4. The SMILES string of the molecule is COCCOc1c(Cl)cccc1NC(=O)c1ccc(C(C)=O)cc1. The normalized spacial score (nSPS) is 10.3. The van der Waals surface area contributed by atoms with E-state index in [1.54, 1.807) is 49.6 Å². The fourth-order valence-electron chi connectivity index (χ4n) is 2.03. The number of hydrogen-bond donors (Lipinski definition) is 1. The standard InChI is InChI=1S/C18H18ClNO4/c1-12(21)13-6-8-14(9-7-13)18(22)20-16-5-3-4-15(19)17(16)24-11-10-23-2/h3-9H,10-11H2,1-2H3,(H,20,22). The van der Waals surface area contributed by atoms with Crippen LogP contribution >= 0.6 is 11.6 Å². The minimum atomic E-state index is -0.316. The number of ketones is 1. The quantitative estimate of drug-likeness (QED) is 0.611. The Morgan fingerprint density at radius 3 is 2.33 bits per heavy atom. The summed E-state index contributed by atoms with van der Waals surface area (Å²) in [6, 6.07) is 11.5. The Hall–Kier alpha value is -2.37. The van der Waals surface area contributed by atoms with Gasteiger partial charge >= 0.3 is 0 Å². The molecule has 1 amide bonds. The summed E-state index contributed by atoms with van der Waals surface area (Å²) in [5, 5.41) is 3.17. The summed E-state index contributed by atoms with van der Waals surface area (Å²) in [7, 11) is 1.57. The van der Waals surface area contributed by atoms with Gasteiger partial charge in [0.1, 0.15) is 6.61 Å². The lowest BCUT2D eigenvalue weighted by atomic mass is 10.1. The first-order valence-electron chi connectivity index (χ1n) is 7.35. The van der Waals surface area contributed by atoms with Crippen molar-refractivity contribution >= 4 is 29.0 Å². The second kappa shape index (κ2) is 8.47. The second-order valence-electron chi connectivity index (χ2n) is 5.05. The summed E-state index contributed by atoms with van der Waals surface area (Å²) in [6.07, 6.45) is 0. The van der Waals surface area contributed by atoms with Crippen LogP contribution in [0.3, 0.4) is 0 Å². The zero-order chi connectivity index (χ0) is 17.5. The van der Waals surface area contributed by atoms with Gasteiger partial charge in [-0.25, -0.2) is 0 Å². The lowest BCUT2D eigenvalue weighted by molar-refractivity contribution is 0.100. The van der Waals surface area contributed by atoms with E-state index in [9.17, 15) is 9.59 Å². The van der Waals surface area contributed by atoms with Crippen LogP contribution in [-0.2, 0) is 4.74 Å².